The fourth-order valence-corrected chi connectivity index (χ4v) is 2.52. The van der Waals surface area contributed by atoms with Crippen molar-refractivity contribution in [3.63, 3.8) is 0 Å². The van der Waals surface area contributed by atoms with Crippen LogP contribution < -0.4 is 15.4 Å². The van der Waals surface area contributed by atoms with Gasteiger partial charge in [0.2, 0.25) is 0 Å². The van der Waals surface area contributed by atoms with Crippen LogP contribution in [0.2, 0.25) is 0 Å². The van der Waals surface area contributed by atoms with Gasteiger partial charge in [0.15, 0.2) is 0 Å². The lowest BCUT2D eigenvalue weighted by Gasteiger charge is -2.14. The number of hydrogen-bond acceptors (Lipinski definition) is 3. The standard InChI is InChI=1S/C21H20N2O2/c1-15-7-3-5-9-19(15)23-20-10-6-4-8-18(20)21(24)22-16-11-13-17(25-2)14-12-16/h3-14,23H,1-2H3,(H,22,24). The van der Waals surface area contributed by atoms with Gasteiger partial charge in [0.05, 0.1) is 18.4 Å². The average Bonchev–Trinajstić information content (AvgIpc) is 2.64. The second-order valence-electron chi connectivity index (χ2n) is 5.67. The Kier molecular flexibility index (Phi) is 5.00. The number of nitrogens with one attached hydrogen (secondary N) is 2. The lowest BCUT2D eigenvalue weighted by atomic mass is 10.1. The molecule has 0 bridgehead atoms. The van der Waals surface area contributed by atoms with Crippen LogP contribution in [0.1, 0.15) is 15.9 Å². The fraction of sp³-hybridized carbons (Fsp3) is 0.0952. The van der Waals surface area contributed by atoms with Crippen molar-refractivity contribution in [1.82, 2.24) is 0 Å². The molecule has 0 spiro atoms. The average molecular weight is 332 g/mol. The molecular formula is C21H20N2O2. The highest BCUT2D eigenvalue weighted by Gasteiger charge is 2.12. The maximum atomic E-state index is 12.7. The number of rotatable bonds is 5. The lowest BCUT2D eigenvalue weighted by molar-refractivity contribution is 0.102. The van der Waals surface area contributed by atoms with Gasteiger partial charge < -0.3 is 15.4 Å². The van der Waals surface area contributed by atoms with Crippen molar-refractivity contribution < 1.29 is 9.53 Å². The highest BCUT2D eigenvalue weighted by atomic mass is 16.5. The molecular weight excluding hydrogens is 312 g/mol. The molecule has 4 nitrogen and oxygen atoms in total. The van der Waals surface area contributed by atoms with Gasteiger partial charge >= 0.3 is 0 Å². The van der Waals surface area contributed by atoms with Crippen molar-refractivity contribution in [2.24, 2.45) is 0 Å². The van der Waals surface area contributed by atoms with Gasteiger partial charge in [0.25, 0.3) is 5.91 Å². The first-order valence-electron chi connectivity index (χ1n) is 8.04. The molecule has 0 atom stereocenters. The van der Waals surface area contributed by atoms with E-state index in [0.717, 1.165) is 28.4 Å². The first-order chi connectivity index (χ1) is 12.2. The van der Waals surface area contributed by atoms with E-state index in [1.54, 1.807) is 13.2 Å². The smallest absolute Gasteiger partial charge is 0.257 e. The Balaban J connectivity index is 1.82. The molecule has 0 unspecified atom stereocenters. The van der Waals surface area contributed by atoms with Crippen molar-refractivity contribution in [3.8, 4) is 5.75 Å². The van der Waals surface area contributed by atoms with Gasteiger partial charge in [0, 0.05) is 11.4 Å². The lowest BCUT2D eigenvalue weighted by Crippen LogP contribution is -2.14. The first kappa shape index (κ1) is 16.6. The maximum absolute atomic E-state index is 12.7. The molecule has 0 aromatic heterocycles. The quantitative estimate of drug-likeness (QED) is 0.691. The van der Waals surface area contributed by atoms with Crippen molar-refractivity contribution in [3.05, 3.63) is 83.9 Å². The van der Waals surface area contributed by atoms with E-state index >= 15 is 0 Å². The monoisotopic (exact) mass is 332 g/mol. The van der Waals surface area contributed by atoms with Crippen molar-refractivity contribution in [1.29, 1.82) is 0 Å². The number of carbonyl (C=O) groups excluding carboxylic acids is 1. The minimum Gasteiger partial charge on any atom is -0.497 e. The third-order valence-corrected chi connectivity index (χ3v) is 3.93. The zero-order valence-electron chi connectivity index (χ0n) is 14.2. The minimum atomic E-state index is -0.165. The molecule has 0 saturated heterocycles. The number of ether oxygens (including phenoxy) is 1. The van der Waals surface area contributed by atoms with Crippen LogP contribution in [0.15, 0.2) is 72.8 Å². The van der Waals surface area contributed by atoms with Crippen molar-refractivity contribution in [2.45, 2.75) is 6.92 Å². The van der Waals surface area contributed by atoms with Crippen molar-refractivity contribution >= 4 is 23.0 Å². The molecule has 0 radical (unpaired) electrons. The Morgan fingerprint density at radius 3 is 2.16 bits per heavy atom. The normalized spacial score (nSPS) is 10.2. The summed E-state index contributed by atoms with van der Waals surface area (Å²) in [7, 11) is 1.61. The third kappa shape index (κ3) is 3.98. The first-order valence-corrected chi connectivity index (χ1v) is 8.04. The molecule has 0 aliphatic heterocycles. The summed E-state index contributed by atoms with van der Waals surface area (Å²) in [5, 5.41) is 6.26. The predicted molar refractivity (Wildman–Crippen MR) is 102 cm³/mol. The Morgan fingerprint density at radius 2 is 1.48 bits per heavy atom. The summed E-state index contributed by atoms with van der Waals surface area (Å²) >= 11 is 0. The Hall–Kier alpha value is -3.27. The largest absolute Gasteiger partial charge is 0.497 e. The number of hydrogen-bond donors (Lipinski definition) is 2. The molecule has 126 valence electrons. The molecule has 0 fully saturated rings. The van der Waals surface area contributed by atoms with Crippen LogP contribution in [-0.2, 0) is 0 Å². The van der Waals surface area contributed by atoms with Crippen LogP contribution >= 0.6 is 0 Å². The number of amides is 1. The van der Waals surface area contributed by atoms with Gasteiger partial charge in [-0.3, -0.25) is 4.79 Å². The molecule has 2 N–H and O–H groups in total. The van der Waals surface area contributed by atoms with E-state index < -0.39 is 0 Å². The fourth-order valence-electron chi connectivity index (χ4n) is 2.52. The zero-order valence-corrected chi connectivity index (χ0v) is 14.2. The van der Waals surface area contributed by atoms with Gasteiger partial charge in [0.1, 0.15) is 5.75 Å². The van der Waals surface area contributed by atoms with E-state index in [-0.39, 0.29) is 5.91 Å². The summed E-state index contributed by atoms with van der Waals surface area (Å²) in [6, 6.07) is 22.7. The second-order valence-corrected chi connectivity index (χ2v) is 5.67. The van der Waals surface area contributed by atoms with Crippen LogP contribution in [0, 0.1) is 6.92 Å². The van der Waals surface area contributed by atoms with E-state index in [4.69, 9.17) is 4.74 Å². The minimum absolute atomic E-state index is 0.165. The number of aryl methyl sites for hydroxylation is 1. The summed E-state index contributed by atoms with van der Waals surface area (Å²) in [6.45, 7) is 2.03. The molecule has 4 heteroatoms. The molecule has 3 aromatic rings. The Morgan fingerprint density at radius 1 is 0.840 bits per heavy atom. The SMILES string of the molecule is COc1ccc(NC(=O)c2ccccc2Nc2ccccc2C)cc1. The summed E-state index contributed by atoms with van der Waals surface area (Å²) in [4.78, 5) is 12.7. The van der Waals surface area contributed by atoms with E-state index in [1.165, 1.54) is 0 Å². The van der Waals surface area contributed by atoms with E-state index in [1.807, 2.05) is 73.7 Å². The molecule has 0 aliphatic rings. The van der Waals surface area contributed by atoms with Crippen LogP contribution in [-0.4, -0.2) is 13.0 Å². The van der Waals surface area contributed by atoms with Crippen LogP contribution in [0.4, 0.5) is 17.1 Å². The summed E-state index contributed by atoms with van der Waals surface area (Å²) < 4.78 is 5.13. The summed E-state index contributed by atoms with van der Waals surface area (Å²) in [5.74, 6) is 0.585. The topological polar surface area (TPSA) is 50.4 Å². The highest BCUT2D eigenvalue weighted by molar-refractivity contribution is 6.08. The van der Waals surface area contributed by atoms with Gasteiger partial charge in [-0.1, -0.05) is 30.3 Å². The van der Waals surface area contributed by atoms with Gasteiger partial charge in [-0.25, -0.2) is 0 Å². The number of carbonyl (C=O) groups is 1. The number of benzene rings is 3. The summed E-state index contributed by atoms with van der Waals surface area (Å²) in [5.41, 5.74) is 4.17. The second kappa shape index (κ2) is 7.53. The van der Waals surface area contributed by atoms with Crippen molar-refractivity contribution in [2.75, 3.05) is 17.7 Å². The Bertz CT molecular complexity index is 873. The molecule has 3 aromatic carbocycles. The van der Waals surface area contributed by atoms with Crippen LogP contribution in [0.25, 0.3) is 0 Å². The maximum Gasteiger partial charge on any atom is 0.257 e. The van der Waals surface area contributed by atoms with Gasteiger partial charge in [-0.15, -0.1) is 0 Å². The van der Waals surface area contributed by atoms with Gasteiger partial charge in [-0.2, -0.15) is 0 Å². The summed E-state index contributed by atoms with van der Waals surface area (Å²) in [6.07, 6.45) is 0. The number of para-hydroxylation sites is 2. The van der Waals surface area contributed by atoms with E-state index in [0.29, 0.717) is 5.56 Å². The van der Waals surface area contributed by atoms with Gasteiger partial charge in [-0.05, 0) is 55.0 Å². The molecule has 25 heavy (non-hydrogen) atoms. The highest BCUT2D eigenvalue weighted by Crippen LogP contribution is 2.24. The van der Waals surface area contributed by atoms with E-state index in [2.05, 4.69) is 10.6 Å². The number of methoxy groups -OCH3 is 1. The van der Waals surface area contributed by atoms with Crippen LogP contribution in [0.3, 0.4) is 0 Å². The van der Waals surface area contributed by atoms with E-state index in [9.17, 15) is 4.79 Å². The molecule has 1 amide bonds. The molecule has 0 heterocycles. The zero-order chi connectivity index (χ0) is 17.6. The van der Waals surface area contributed by atoms with Crippen LogP contribution in [0.5, 0.6) is 5.75 Å². The molecule has 3 rings (SSSR count). The Labute approximate surface area is 147 Å². The molecule has 0 saturated carbocycles. The third-order valence-electron chi connectivity index (χ3n) is 3.93. The number of anilines is 3. The predicted octanol–water partition coefficient (Wildman–Crippen LogP) is 5.00. The molecule has 0 aliphatic carbocycles.